The average molecular weight is 524 g/mol. The van der Waals surface area contributed by atoms with Crippen LogP contribution in [0.4, 0.5) is 4.39 Å². The van der Waals surface area contributed by atoms with Crippen LogP contribution in [-0.4, -0.2) is 59.8 Å². The minimum absolute atomic E-state index is 0.0623. The first-order valence-electron chi connectivity index (χ1n) is 13.7. The van der Waals surface area contributed by atoms with E-state index in [1.54, 1.807) is 24.3 Å². The smallest absolute Gasteiger partial charge is 0.248 e. The van der Waals surface area contributed by atoms with E-state index in [0.717, 1.165) is 43.1 Å². The summed E-state index contributed by atoms with van der Waals surface area (Å²) in [6, 6.07) is 13.7. The van der Waals surface area contributed by atoms with Gasteiger partial charge < -0.3 is 25.0 Å². The molecular weight excluding hydrogens is 485 g/mol. The van der Waals surface area contributed by atoms with Gasteiger partial charge in [0.25, 0.3) is 0 Å². The van der Waals surface area contributed by atoms with Crippen LogP contribution >= 0.6 is 0 Å². The van der Waals surface area contributed by atoms with Gasteiger partial charge in [-0.25, -0.2) is 4.39 Å². The van der Waals surface area contributed by atoms with Crippen molar-refractivity contribution in [1.82, 2.24) is 15.2 Å². The van der Waals surface area contributed by atoms with Gasteiger partial charge >= 0.3 is 0 Å². The highest BCUT2D eigenvalue weighted by atomic mass is 19.1. The third kappa shape index (κ3) is 7.65. The molecule has 1 aromatic heterocycles. The van der Waals surface area contributed by atoms with E-state index in [1.807, 2.05) is 17.0 Å². The number of halogens is 1. The fourth-order valence-corrected chi connectivity index (χ4v) is 5.25. The molecule has 1 heterocycles. The van der Waals surface area contributed by atoms with Crippen molar-refractivity contribution < 1.29 is 19.0 Å². The van der Waals surface area contributed by atoms with Gasteiger partial charge in [0.05, 0.1) is 25.2 Å². The van der Waals surface area contributed by atoms with E-state index < -0.39 is 0 Å². The average Bonchev–Trinajstić information content (AvgIpc) is 2.93. The number of phenols is 1. The summed E-state index contributed by atoms with van der Waals surface area (Å²) in [4.78, 5) is 29.5. The summed E-state index contributed by atoms with van der Waals surface area (Å²) >= 11 is 0. The zero-order valence-electron chi connectivity index (χ0n) is 21.9. The van der Waals surface area contributed by atoms with Gasteiger partial charge in [-0.1, -0.05) is 43.5 Å². The molecule has 1 fully saturated rings. The number of nitrogens with one attached hydrogen (secondary N) is 2. The molecule has 1 aliphatic carbocycles. The molecule has 1 aliphatic rings. The number of hydrogen-bond donors (Lipinski definition) is 3. The number of aromatic hydroxyl groups is 1. The summed E-state index contributed by atoms with van der Waals surface area (Å²) in [5, 5.41) is 14.4. The van der Waals surface area contributed by atoms with E-state index in [4.69, 9.17) is 4.74 Å². The minimum Gasteiger partial charge on any atom is -0.506 e. The van der Waals surface area contributed by atoms with Gasteiger partial charge in [-0.05, 0) is 61.6 Å². The van der Waals surface area contributed by atoms with Crippen LogP contribution in [0.25, 0.3) is 10.9 Å². The van der Waals surface area contributed by atoms with Crippen molar-refractivity contribution in [1.29, 1.82) is 0 Å². The monoisotopic (exact) mass is 523 g/mol. The largest absolute Gasteiger partial charge is 0.506 e. The number of nitrogens with zero attached hydrogens (tertiary/aromatic N) is 1. The van der Waals surface area contributed by atoms with Crippen LogP contribution in [0.1, 0.15) is 49.7 Å². The molecule has 0 radical (unpaired) electrons. The number of fused-ring (bicyclic) bond motifs is 1. The second kappa shape index (κ2) is 14.1. The van der Waals surface area contributed by atoms with Gasteiger partial charge in [0, 0.05) is 30.6 Å². The van der Waals surface area contributed by atoms with Gasteiger partial charge in [0.15, 0.2) is 0 Å². The highest BCUT2D eigenvalue weighted by molar-refractivity contribution is 5.87. The zero-order chi connectivity index (χ0) is 26.7. The Morgan fingerprint density at radius 3 is 2.63 bits per heavy atom. The van der Waals surface area contributed by atoms with Gasteiger partial charge in [-0.2, -0.15) is 0 Å². The summed E-state index contributed by atoms with van der Waals surface area (Å²) in [6.45, 7) is 2.76. The topological polar surface area (TPSA) is 94.7 Å². The first-order valence-corrected chi connectivity index (χ1v) is 13.7. The number of rotatable bonds is 13. The molecule has 0 atom stereocenters. The lowest BCUT2D eigenvalue weighted by atomic mass is 9.94. The third-order valence-corrected chi connectivity index (χ3v) is 7.33. The van der Waals surface area contributed by atoms with Crippen LogP contribution in [-0.2, 0) is 22.4 Å². The number of carbonyl (C=O) groups is 1. The fourth-order valence-electron chi connectivity index (χ4n) is 5.25. The Morgan fingerprint density at radius 1 is 1.00 bits per heavy atom. The van der Waals surface area contributed by atoms with Crippen molar-refractivity contribution in [2.75, 3.05) is 32.8 Å². The number of phenolic OH excluding ortho intramolecular Hbond substituents is 1. The number of pyridine rings is 1. The van der Waals surface area contributed by atoms with Crippen LogP contribution in [0.3, 0.4) is 0 Å². The Hall–Kier alpha value is -3.23. The summed E-state index contributed by atoms with van der Waals surface area (Å²) in [5.41, 5.74) is 1.88. The summed E-state index contributed by atoms with van der Waals surface area (Å²) < 4.78 is 19.4. The maximum absolute atomic E-state index is 13.8. The molecule has 4 rings (SSSR count). The van der Waals surface area contributed by atoms with Crippen molar-refractivity contribution >= 4 is 16.8 Å². The molecule has 1 amide bonds. The van der Waals surface area contributed by atoms with Crippen molar-refractivity contribution in [2.45, 2.75) is 57.4 Å². The molecule has 0 unspecified atom stereocenters. The van der Waals surface area contributed by atoms with Crippen LogP contribution in [0, 0.1) is 5.82 Å². The number of hydrogen-bond acceptors (Lipinski definition) is 5. The highest BCUT2D eigenvalue weighted by Crippen LogP contribution is 2.25. The maximum Gasteiger partial charge on any atom is 0.248 e. The van der Waals surface area contributed by atoms with Crippen molar-refractivity contribution in [3.63, 3.8) is 0 Å². The second-order valence-corrected chi connectivity index (χ2v) is 9.94. The van der Waals surface area contributed by atoms with Crippen molar-refractivity contribution in [3.05, 3.63) is 75.8 Å². The first kappa shape index (κ1) is 27.8. The molecule has 0 saturated heterocycles. The molecule has 0 spiro atoms. The lowest BCUT2D eigenvalue weighted by Gasteiger charge is -2.34. The van der Waals surface area contributed by atoms with E-state index >= 15 is 0 Å². The van der Waals surface area contributed by atoms with Crippen molar-refractivity contribution in [2.24, 2.45) is 0 Å². The molecule has 38 heavy (non-hydrogen) atoms. The van der Waals surface area contributed by atoms with E-state index in [-0.39, 0.29) is 29.1 Å². The Bertz CT molecular complexity index is 1260. The molecule has 2 aromatic carbocycles. The van der Waals surface area contributed by atoms with E-state index in [2.05, 4.69) is 10.3 Å². The zero-order valence-corrected chi connectivity index (χ0v) is 21.9. The Kier molecular flexibility index (Phi) is 10.3. The number of carbonyl (C=O) groups excluding carboxylic acids is 1. The van der Waals surface area contributed by atoms with Gasteiger partial charge in [0.1, 0.15) is 11.6 Å². The van der Waals surface area contributed by atoms with Gasteiger partial charge in [0.2, 0.25) is 11.5 Å². The minimum atomic E-state index is -0.244. The molecule has 3 N–H and O–H groups in total. The van der Waals surface area contributed by atoms with Crippen LogP contribution in [0.5, 0.6) is 5.75 Å². The summed E-state index contributed by atoms with van der Waals surface area (Å²) in [5.74, 6) is -0.0537. The SMILES string of the molecule is O=C(CCOCCc1ccccc1F)N(CCNCCc1ccc(O)c2[nH]c(=O)ccc12)C1CCCCC1. The van der Waals surface area contributed by atoms with Crippen LogP contribution < -0.4 is 10.9 Å². The summed E-state index contributed by atoms with van der Waals surface area (Å²) in [6.07, 6.45) is 7.15. The predicted molar refractivity (Wildman–Crippen MR) is 147 cm³/mol. The van der Waals surface area contributed by atoms with Crippen LogP contribution in [0.2, 0.25) is 0 Å². The Labute approximate surface area is 223 Å². The van der Waals surface area contributed by atoms with Crippen LogP contribution in [0.15, 0.2) is 53.3 Å². The quantitative estimate of drug-likeness (QED) is 0.290. The number of aromatic nitrogens is 1. The maximum atomic E-state index is 13.8. The predicted octanol–water partition coefficient (Wildman–Crippen LogP) is 4.32. The molecule has 0 aliphatic heterocycles. The number of aromatic amines is 1. The molecule has 1 saturated carbocycles. The third-order valence-electron chi connectivity index (χ3n) is 7.33. The van der Waals surface area contributed by atoms with E-state index in [1.165, 1.54) is 18.6 Å². The second-order valence-electron chi connectivity index (χ2n) is 9.94. The van der Waals surface area contributed by atoms with Gasteiger partial charge in [-0.15, -0.1) is 0 Å². The Morgan fingerprint density at radius 2 is 1.82 bits per heavy atom. The molecular formula is C30H38FN3O4. The number of H-pyrrole nitrogens is 1. The van der Waals surface area contributed by atoms with E-state index in [9.17, 15) is 19.1 Å². The van der Waals surface area contributed by atoms with Crippen molar-refractivity contribution in [3.8, 4) is 5.75 Å². The molecule has 204 valence electrons. The number of benzene rings is 2. The molecule has 8 heteroatoms. The Balaban J connectivity index is 1.23. The normalized spacial score (nSPS) is 14.1. The lowest BCUT2D eigenvalue weighted by Crippen LogP contribution is -2.45. The summed E-state index contributed by atoms with van der Waals surface area (Å²) in [7, 11) is 0. The molecule has 7 nitrogen and oxygen atoms in total. The number of amides is 1. The van der Waals surface area contributed by atoms with Gasteiger partial charge in [-0.3, -0.25) is 9.59 Å². The lowest BCUT2D eigenvalue weighted by molar-refractivity contribution is -0.135. The highest BCUT2D eigenvalue weighted by Gasteiger charge is 2.24. The first-order chi connectivity index (χ1) is 18.5. The molecule has 3 aromatic rings. The van der Waals surface area contributed by atoms with E-state index in [0.29, 0.717) is 56.8 Å². The molecule has 0 bridgehead atoms. The fraction of sp³-hybridized carbons (Fsp3) is 0.467. The number of ether oxygens (including phenoxy) is 1. The standard InChI is InChI=1S/C30H38FN3O4/c31-26-9-5-4-6-23(26)15-20-38-21-16-29(37)34(24-7-2-1-3-8-24)19-18-32-17-14-22-10-12-27(35)30-25(22)11-13-28(36)33-30/h4-6,9-13,24,32,35H,1-3,7-8,14-21H2,(H,33,36).